The van der Waals surface area contributed by atoms with Crippen LogP contribution in [0.1, 0.15) is 29.6 Å². The smallest absolute Gasteiger partial charge is 0.354 e. The van der Waals surface area contributed by atoms with E-state index in [1.54, 1.807) is 18.2 Å². The van der Waals surface area contributed by atoms with Crippen molar-refractivity contribution < 1.29 is 28.6 Å². The zero-order valence-corrected chi connectivity index (χ0v) is 15.7. The first kappa shape index (κ1) is 20.3. The number of hydrogen-bond acceptors (Lipinski definition) is 8. The molecule has 0 unspecified atom stereocenters. The van der Waals surface area contributed by atoms with E-state index >= 15 is 0 Å². The lowest BCUT2D eigenvalue weighted by Gasteiger charge is -2.31. The predicted octanol–water partition coefficient (Wildman–Crippen LogP) is 2.11. The number of carbonyl (C=O) groups is 3. The summed E-state index contributed by atoms with van der Waals surface area (Å²) in [5, 5.41) is 2.94. The Hall–Kier alpha value is -3.03. The summed E-state index contributed by atoms with van der Waals surface area (Å²) in [6.45, 7) is 1.65. The molecular weight excluding hydrogens is 352 g/mol. The van der Waals surface area contributed by atoms with E-state index in [1.807, 2.05) is 0 Å². The fourth-order valence-electron chi connectivity index (χ4n) is 2.86. The Balaban J connectivity index is 2.43. The molecule has 0 bridgehead atoms. The average molecular weight is 376 g/mol. The summed E-state index contributed by atoms with van der Waals surface area (Å²) in [5.74, 6) is -1.84. The second kappa shape index (κ2) is 9.61. The molecule has 0 aliphatic carbocycles. The quantitative estimate of drug-likeness (QED) is 0.458. The van der Waals surface area contributed by atoms with Gasteiger partial charge in [0.1, 0.15) is 5.70 Å². The van der Waals surface area contributed by atoms with Crippen molar-refractivity contribution in [3.8, 4) is 0 Å². The summed E-state index contributed by atoms with van der Waals surface area (Å²) in [7, 11) is 3.77. The molecule has 1 heterocycles. The van der Waals surface area contributed by atoms with Crippen LogP contribution in [0.3, 0.4) is 0 Å². The molecule has 0 aromatic heterocycles. The van der Waals surface area contributed by atoms with E-state index in [-0.39, 0.29) is 5.70 Å². The van der Waals surface area contributed by atoms with Crippen LogP contribution in [0.2, 0.25) is 0 Å². The van der Waals surface area contributed by atoms with E-state index in [9.17, 15) is 14.4 Å². The molecule has 0 spiro atoms. The third kappa shape index (κ3) is 5.22. The lowest BCUT2D eigenvalue weighted by Crippen LogP contribution is -2.30. The number of nitrogens with one attached hydrogen (secondary N) is 1. The second-order valence-corrected chi connectivity index (χ2v) is 5.97. The van der Waals surface area contributed by atoms with Crippen molar-refractivity contribution in [3.05, 3.63) is 35.5 Å². The molecule has 1 N–H and O–H groups in total. The van der Waals surface area contributed by atoms with Gasteiger partial charge < -0.3 is 24.4 Å². The highest BCUT2D eigenvalue weighted by Gasteiger charge is 2.20. The van der Waals surface area contributed by atoms with Crippen LogP contribution < -0.4 is 10.2 Å². The monoisotopic (exact) mass is 376 g/mol. The highest BCUT2D eigenvalue weighted by atomic mass is 16.5. The topological polar surface area (TPSA) is 94.2 Å². The second-order valence-electron chi connectivity index (χ2n) is 5.97. The number of hydrogen-bond donors (Lipinski definition) is 1. The fourth-order valence-corrected chi connectivity index (χ4v) is 2.86. The van der Waals surface area contributed by atoms with Gasteiger partial charge in [0.05, 0.1) is 44.3 Å². The highest BCUT2D eigenvalue weighted by molar-refractivity contribution is 6.00. The summed E-state index contributed by atoms with van der Waals surface area (Å²) >= 11 is 0. The fraction of sp³-hybridized carbons (Fsp3) is 0.421. The van der Waals surface area contributed by atoms with Gasteiger partial charge in [-0.1, -0.05) is 0 Å². The molecule has 0 saturated carbocycles. The van der Waals surface area contributed by atoms with Crippen LogP contribution in [0, 0.1) is 0 Å². The largest absolute Gasteiger partial charge is 0.466 e. The zero-order chi connectivity index (χ0) is 19.8. The Labute approximate surface area is 158 Å². The van der Waals surface area contributed by atoms with Crippen molar-refractivity contribution in [2.45, 2.75) is 19.3 Å². The van der Waals surface area contributed by atoms with Gasteiger partial charge in [-0.3, -0.25) is 0 Å². The summed E-state index contributed by atoms with van der Waals surface area (Å²) in [6.07, 6.45) is 4.24. The first-order valence-corrected chi connectivity index (χ1v) is 8.62. The van der Waals surface area contributed by atoms with Gasteiger partial charge in [0.2, 0.25) is 0 Å². The van der Waals surface area contributed by atoms with E-state index in [0.29, 0.717) is 11.3 Å². The van der Waals surface area contributed by atoms with Crippen LogP contribution in [0.4, 0.5) is 11.4 Å². The third-order valence-electron chi connectivity index (χ3n) is 4.25. The van der Waals surface area contributed by atoms with Gasteiger partial charge in [0.25, 0.3) is 0 Å². The molecule has 2 rings (SSSR count). The Bertz CT molecular complexity index is 738. The first-order valence-electron chi connectivity index (χ1n) is 8.62. The van der Waals surface area contributed by atoms with E-state index in [4.69, 9.17) is 9.47 Å². The number of piperidine rings is 1. The Morgan fingerprint density at radius 2 is 1.70 bits per heavy atom. The molecule has 0 atom stereocenters. The zero-order valence-electron chi connectivity index (χ0n) is 15.7. The normalized spacial score (nSPS) is 14.3. The molecule has 8 nitrogen and oxygen atoms in total. The minimum Gasteiger partial charge on any atom is -0.466 e. The number of anilines is 2. The van der Waals surface area contributed by atoms with E-state index < -0.39 is 17.9 Å². The molecule has 1 saturated heterocycles. The van der Waals surface area contributed by atoms with Crippen LogP contribution in [-0.2, 0) is 23.8 Å². The molecule has 1 aliphatic rings. The predicted molar refractivity (Wildman–Crippen MR) is 99.6 cm³/mol. The molecule has 146 valence electrons. The Morgan fingerprint density at radius 1 is 1.00 bits per heavy atom. The van der Waals surface area contributed by atoms with Gasteiger partial charge in [-0.15, -0.1) is 0 Å². The number of rotatable bonds is 6. The summed E-state index contributed by atoms with van der Waals surface area (Å²) in [5.41, 5.74) is 1.66. The number of ether oxygens (including phenoxy) is 3. The number of carbonyl (C=O) groups excluding carboxylic acids is 3. The van der Waals surface area contributed by atoms with Crippen LogP contribution in [0.15, 0.2) is 30.0 Å². The van der Waals surface area contributed by atoms with Crippen LogP contribution >= 0.6 is 0 Å². The molecule has 27 heavy (non-hydrogen) atoms. The van der Waals surface area contributed by atoms with Gasteiger partial charge in [0.15, 0.2) is 0 Å². The summed E-state index contributed by atoms with van der Waals surface area (Å²) in [4.78, 5) is 37.7. The molecule has 1 fully saturated rings. The van der Waals surface area contributed by atoms with E-state index in [0.717, 1.165) is 44.1 Å². The van der Waals surface area contributed by atoms with Crippen LogP contribution in [-0.4, -0.2) is 52.3 Å². The minimum atomic E-state index is -0.706. The number of esters is 3. The van der Waals surface area contributed by atoms with Crippen molar-refractivity contribution in [1.82, 2.24) is 0 Å². The maximum atomic E-state index is 12.0. The molecule has 0 amide bonds. The van der Waals surface area contributed by atoms with E-state index in [2.05, 4.69) is 15.0 Å². The number of methoxy groups -OCH3 is 3. The molecule has 1 aromatic rings. The van der Waals surface area contributed by atoms with Crippen molar-refractivity contribution in [3.63, 3.8) is 0 Å². The lowest BCUT2D eigenvalue weighted by atomic mass is 10.1. The molecule has 0 radical (unpaired) electrons. The van der Waals surface area contributed by atoms with E-state index in [1.165, 1.54) is 21.3 Å². The molecular formula is C19H24N2O6. The van der Waals surface area contributed by atoms with Gasteiger partial charge in [-0.2, -0.15) is 0 Å². The number of nitrogens with zero attached hydrogens (tertiary/aromatic N) is 1. The van der Waals surface area contributed by atoms with Crippen molar-refractivity contribution in [2.75, 3.05) is 44.6 Å². The van der Waals surface area contributed by atoms with Gasteiger partial charge >= 0.3 is 17.9 Å². The van der Waals surface area contributed by atoms with Gasteiger partial charge in [-0.05, 0) is 37.5 Å². The molecule has 1 aromatic carbocycles. The van der Waals surface area contributed by atoms with Crippen LogP contribution in [0.5, 0.6) is 0 Å². The number of benzene rings is 1. The summed E-state index contributed by atoms with van der Waals surface area (Å²) in [6, 6.07) is 4.98. The van der Waals surface area contributed by atoms with Gasteiger partial charge in [0, 0.05) is 13.1 Å². The maximum Gasteiger partial charge on any atom is 0.354 e. The lowest BCUT2D eigenvalue weighted by molar-refractivity contribution is -0.138. The van der Waals surface area contributed by atoms with Crippen molar-refractivity contribution in [2.24, 2.45) is 0 Å². The van der Waals surface area contributed by atoms with Gasteiger partial charge in [-0.25, -0.2) is 14.4 Å². The minimum absolute atomic E-state index is 0.0616. The third-order valence-corrected chi connectivity index (χ3v) is 4.25. The van der Waals surface area contributed by atoms with Crippen molar-refractivity contribution >= 4 is 29.3 Å². The first-order chi connectivity index (χ1) is 13.0. The van der Waals surface area contributed by atoms with Crippen molar-refractivity contribution in [1.29, 1.82) is 0 Å². The molecule has 8 heteroatoms. The average Bonchev–Trinajstić information content (AvgIpc) is 2.72. The maximum absolute atomic E-state index is 12.0. The Kier molecular flexibility index (Phi) is 7.22. The highest BCUT2D eigenvalue weighted by Crippen LogP contribution is 2.31. The summed E-state index contributed by atoms with van der Waals surface area (Å²) < 4.78 is 14.1. The van der Waals surface area contributed by atoms with Crippen LogP contribution in [0.25, 0.3) is 0 Å². The SMILES string of the molecule is COC(=O)/C=C(/Nc1ccc(C(=O)OC)cc1N1CCCCC1)C(=O)OC. The molecule has 1 aliphatic heterocycles. The Morgan fingerprint density at radius 3 is 2.30 bits per heavy atom. The standard InChI is InChI=1S/C19H24N2O6/c1-25-17(22)12-15(19(24)27-3)20-14-8-7-13(18(23)26-2)11-16(14)21-9-5-4-6-10-21/h7-8,11-12,20H,4-6,9-10H2,1-3H3/b15-12+.